The van der Waals surface area contributed by atoms with Crippen LogP contribution in [0.3, 0.4) is 0 Å². The molecule has 0 heterocycles. The SMILES string of the molecule is CCC(=O)COCCCCCN(C)CC. The van der Waals surface area contributed by atoms with Crippen LogP contribution in [0.2, 0.25) is 0 Å². The highest BCUT2D eigenvalue weighted by atomic mass is 16.5. The summed E-state index contributed by atoms with van der Waals surface area (Å²) in [6.45, 7) is 7.32. The Labute approximate surface area is 93.8 Å². The van der Waals surface area contributed by atoms with Gasteiger partial charge < -0.3 is 9.64 Å². The molecule has 0 aliphatic rings. The van der Waals surface area contributed by atoms with Crippen LogP contribution in [-0.2, 0) is 9.53 Å². The Morgan fingerprint density at radius 2 is 1.93 bits per heavy atom. The predicted octanol–water partition coefficient (Wildman–Crippen LogP) is 2.10. The Morgan fingerprint density at radius 1 is 1.20 bits per heavy atom. The average molecular weight is 215 g/mol. The van der Waals surface area contributed by atoms with Crippen LogP contribution >= 0.6 is 0 Å². The van der Waals surface area contributed by atoms with Crippen molar-refractivity contribution in [1.82, 2.24) is 4.90 Å². The van der Waals surface area contributed by atoms with Crippen LogP contribution in [0.1, 0.15) is 39.5 Å². The summed E-state index contributed by atoms with van der Waals surface area (Å²) in [7, 11) is 2.14. The van der Waals surface area contributed by atoms with E-state index in [1.807, 2.05) is 6.92 Å². The van der Waals surface area contributed by atoms with E-state index in [0.717, 1.165) is 26.1 Å². The molecule has 90 valence electrons. The number of ketones is 1. The van der Waals surface area contributed by atoms with E-state index in [0.29, 0.717) is 13.0 Å². The molecule has 0 saturated heterocycles. The van der Waals surface area contributed by atoms with Crippen LogP contribution in [0.4, 0.5) is 0 Å². The van der Waals surface area contributed by atoms with Gasteiger partial charge in [-0.15, -0.1) is 0 Å². The van der Waals surface area contributed by atoms with Gasteiger partial charge in [0.2, 0.25) is 0 Å². The number of hydrogen-bond donors (Lipinski definition) is 0. The predicted molar refractivity (Wildman–Crippen MR) is 63.1 cm³/mol. The molecular formula is C12H25NO2. The maximum absolute atomic E-state index is 10.9. The summed E-state index contributed by atoms with van der Waals surface area (Å²) in [5.41, 5.74) is 0. The molecule has 15 heavy (non-hydrogen) atoms. The van der Waals surface area contributed by atoms with E-state index >= 15 is 0 Å². The first-order chi connectivity index (χ1) is 7.20. The number of carbonyl (C=O) groups excluding carboxylic acids is 1. The van der Waals surface area contributed by atoms with Crippen molar-refractivity contribution in [2.75, 3.05) is 33.4 Å². The van der Waals surface area contributed by atoms with Crippen LogP contribution in [-0.4, -0.2) is 44.0 Å². The topological polar surface area (TPSA) is 29.5 Å². The molecule has 0 aromatic carbocycles. The van der Waals surface area contributed by atoms with Crippen molar-refractivity contribution in [3.63, 3.8) is 0 Å². The van der Waals surface area contributed by atoms with Crippen molar-refractivity contribution in [1.29, 1.82) is 0 Å². The molecule has 0 radical (unpaired) electrons. The second-order valence-corrected chi connectivity index (χ2v) is 3.90. The van der Waals surface area contributed by atoms with Gasteiger partial charge in [0.1, 0.15) is 6.61 Å². The van der Waals surface area contributed by atoms with Crippen LogP contribution < -0.4 is 0 Å². The molecule has 0 N–H and O–H groups in total. The van der Waals surface area contributed by atoms with Crippen molar-refractivity contribution in [2.45, 2.75) is 39.5 Å². The first-order valence-corrected chi connectivity index (χ1v) is 5.98. The van der Waals surface area contributed by atoms with E-state index in [4.69, 9.17) is 4.74 Å². The van der Waals surface area contributed by atoms with Gasteiger partial charge >= 0.3 is 0 Å². The Kier molecular flexibility index (Phi) is 9.84. The van der Waals surface area contributed by atoms with Crippen molar-refractivity contribution in [3.8, 4) is 0 Å². The van der Waals surface area contributed by atoms with Gasteiger partial charge in [0.25, 0.3) is 0 Å². The van der Waals surface area contributed by atoms with Gasteiger partial charge in [0.15, 0.2) is 5.78 Å². The van der Waals surface area contributed by atoms with Gasteiger partial charge in [-0.1, -0.05) is 13.8 Å². The highest BCUT2D eigenvalue weighted by Crippen LogP contribution is 1.98. The number of hydrogen-bond acceptors (Lipinski definition) is 3. The lowest BCUT2D eigenvalue weighted by Crippen LogP contribution is -2.18. The van der Waals surface area contributed by atoms with E-state index in [-0.39, 0.29) is 5.78 Å². The number of rotatable bonds is 10. The van der Waals surface area contributed by atoms with Crippen LogP contribution in [0, 0.1) is 0 Å². The fraction of sp³-hybridized carbons (Fsp3) is 0.917. The normalized spacial score (nSPS) is 10.9. The van der Waals surface area contributed by atoms with Crippen molar-refractivity contribution >= 4 is 5.78 Å². The summed E-state index contributed by atoms with van der Waals surface area (Å²) >= 11 is 0. The van der Waals surface area contributed by atoms with Crippen molar-refractivity contribution in [2.24, 2.45) is 0 Å². The Hall–Kier alpha value is -0.410. The van der Waals surface area contributed by atoms with Gasteiger partial charge in [-0.25, -0.2) is 0 Å². The zero-order chi connectivity index (χ0) is 11.5. The molecule has 3 heteroatoms. The van der Waals surface area contributed by atoms with Crippen LogP contribution in [0.5, 0.6) is 0 Å². The molecular weight excluding hydrogens is 190 g/mol. The second-order valence-electron chi connectivity index (χ2n) is 3.90. The summed E-state index contributed by atoms with van der Waals surface area (Å²) in [6.07, 6.45) is 4.05. The molecule has 0 saturated carbocycles. The zero-order valence-electron chi connectivity index (χ0n) is 10.4. The van der Waals surface area contributed by atoms with E-state index in [9.17, 15) is 4.79 Å². The third kappa shape index (κ3) is 9.88. The molecule has 0 atom stereocenters. The fourth-order valence-corrected chi connectivity index (χ4v) is 1.21. The minimum Gasteiger partial charge on any atom is -0.374 e. The average Bonchev–Trinajstić information content (AvgIpc) is 2.26. The molecule has 0 rings (SSSR count). The third-order valence-corrected chi connectivity index (χ3v) is 2.53. The van der Waals surface area contributed by atoms with Crippen LogP contribution in [0.25, 0.3) is 0 Å². The number of unbranched alkanes of at least 4 members (excludes halogenated alkanes) is 2. The number of nitrogens with zero attached hydrogens (tertiary/aromatic N) is 1. The van der Waals surface area contributed by atoms with Crippen molar-refractivity contribution < 1.29 is 9.53 Å². The molecule has 0 spiro atoms. The van der Waals surface area contributed by atoms with Gasteiger partial charge in [0, 0.05) is 13.0 Å². The highest BCUT2D eigenvalue weighted by Gasteiger charge is 1.98. The summed E-state index contributed by atoms with van der Waals surface area (Å²) in [4.78, 5) is 13.2. The minimum absolute atomic E-state index is 0.195. The molecule has 0 unspecified atom stereocenters. The summed E-state index contributed by atoms with van der Waals surface area (Å²) in [6, 6.07) is 0. The summed E-state index contributed by atoms with van der Waals surface area (Å²) in [5, 5.41) is 0. The molecule has 0 bridgehead atoms. The maximum atomic E-state index is 10.9. The lowest BCUT2D eigenvalue weighted by Gasteiger charge is -2.12. The zero-order valence-corrected chi connectivity index (χ0v) is 10.4. The molecule has 0 fully saturated rings. The Balaban J connectivity index is 3.08. The van der Waals surface area contributed by atoms with E-state index in [1.54, 1.807) is 0 Å². The molecule has 0 aliphatic heterocycles. The van der Waals surface area contributed by atoms with E-state index in [1.165, 1.54) is 12.8 Å². The lowest BCUT2D eigenvalue weighted by molar-refractivity contribution is -0.123. The molecule has 0 aliphatic carbocycles. The quantitative estimate of drug-likeness (QED) is 0.523. The number of carbonyl (C=O) groups is 1. The largest absolute Gasteiger partial charge is 0.374 e. The Bertz CT molecular complexity index is 160. The number of ether oxygens (including phenoxy) is 1. The molecule has 0 aromatic heterocycles. The van der Waals surface area contributed by atoms with E-state index in [2.05, 4.69) is 18.9 Å². The lowest BCUT2D eigenvalue weighted by atomic mass is 10.2. The van der Waals surface area contributed by atoms with Gasteiger partial charge in [-0.2, -0.15) is 0 Å². The summed E-state index contributed by atoms with van der Waals surface area (Å²) < 4.78 is 5.26. The molecule has 3 nitrogen and oxygen atoms in total. The number of Topliss-reactive ketones (excluding diaryl/α,β-unsaturated/α-hetero) is 1. The van der Waals surface area contributed by atoms with Crippen molar-refractivity contribution in [3.05, 3.63) is 0 Å². The van der Waals surface area contributed by atoms with Gasteiger partial charge in [0.05, 0.1) is 0 Å². The molecule has 0 amide bonds. The van der Waals surface area contributed by atoms with Crippen LogP contribution in [0.15, 0.2) is 0 Å². The Morgan fingerprint density at radius 3 is 2.53 bits per heavy atom. The minimum atomic E-state index is 0.195. The maximum Gasteiger partial charge on any atom is 0.158 e. The smallest absolute Gasteiger partial charge is 0.158 e. The van der Waals surface area contributed by atoms with E-state index < -0.39 is 0 Å². The first kappa shape index (κ1) is 14.6. The second kappa shape index (κ2) is 10.1. The highest BCUT2D eigenvalue weighted by molar-refractivity contribution is 5.79. The molecule has 0 aromatic rings. The standard InChI is InChI=1S/C12H25NO2/c1-4-12(14)11-15-10-8-6-7-9-13(3)5-2/h4-11H2,1-3H3. The monoisotopic (exact) mass is 215 g/mol. The fourth-order valence-electron chi connectivity index (χ4n) is 1.21. The van der Waals surface area contributed by atoms with Gasteiger partial charge in [-0.05, 0) is 39.4 Å². The first-order valence-electron chi connectivity index (χ1n) is 5.98. The van der Waals surface area contributed by atoms with Gasteiger partial charge in [-0.3, -0.25) is 4.79 Å². The third-order valence-electron chi connectivity index (χ3n) is 2.53. The summed E-state index contributed by atoms with van der Waals surface area (Å²) in [5.74, 6) is 0.195.